The molecule has 0 bridgehead atoms. The zero-order valence-electron chi connectivity index (χ0n) is 6.27. The monoisotopic (exact) mass is 179 g/mol. The van der Waals surface area contributed by atoms with Crippen LogP contribution in [0.15, 0.2) is 0 Å². The minimum absolute atomic E-state index is 0.126. The highest BCUT2D eigenvalue weighted by atomic mass is 32.2. The second-order valence-electron chi connectivity index (χ2n) is 2.92. The predicted octanol–water partition coefficient (Wildman–Crippen LogP) is -1.14. The number of rotatable bonds is 1. The van der Waals surface area contributed by atoms with Gasteiger partial charge in [0.2, 0.25) is 5.37 Å². The van der Waals surface area contributed by atoms with Crippen molar-refractivity contribution < 1.29 is 22.2 Å². The molecular formula is C5H9NO4S. The van der Waals surface area contributed by atoms with E-state index in [0.29, 0.717) is 0 Å². The number of carbonyl (C=O) groups excluding carboxylic acids is 1. The Kier molecular flexibility index (Phi) is 1.59. The Hall–Kier alpha value is -0.460. The number of quaternary nitrogens is 1. The van der Waals surface area contributed by atoms with Crippen LogP contribution in [0, 0.1) is 0 Å². The smallest absolute Gasteiger partial charge is 0.311 e. The molecular weight excluding hydrogens is 170 g/mol. The average molecular weight is 179 g/mol. The van der Waals surface area contributed by atoms with E-state index < -0.39 is 15.5 Å². The molecule has 1 rings (SSSR count). The van der Waals surface area contributed by atoms with Crippen LogP contribution in [0.25, 0.3) is 0 Å². The summed E-state index contributed by atoms with van der Waals surface area (Å²) < 4.78 is 30.9. The number of hydrogen-bond acceptors (Lipinski definition) is 4. The highest BCUT2D eigenvalue weighted by Gasteiger charge is 2.59. The topological polar surface area (TPSA) is 74.3 Å². The molecule has 2 atom stereocenters. The number of amides is 1. The molecule has 1 fully saturated rings. The first-order valence-corrected chi connectivity index (χ1v) is 4.56. The number of hydrogen-bond donors (Lipinski definition) is 0. The van der Waals surface area contributed by atoms with Crippen LogP contribution in [0.4, 0.5) is 0 Å². The Bertz CT molecular complexity index is 296. The molecule has 1 aliphatic heterocycles. The predicted molar refractivity (Wildman–Crippen MR) is 35.2 cm³/mol. The lowest BCUT2D eigenvalue weighted by Gasteiger charge is -2.10. The fraction of sp³-hybridized carbons (Fsp3) is 0.800. The van der Waals surface area contributed by atoms with E-state index in [1.165, 1.54) is 14.0 Å². The summed E-state index contributed by atoms with van der Waals surface area (Å²) in [6.07, 6.45) is 0. The van der Waals surface area contributed by atoms with Crippen molar-refractivity contribution >= 4 is 16.0 Å². The van der Waals surface area contributed by atoms with Gasteiger partial charge in [-0.25, -0.2) is 17.7 Å². The Morgan fingerprint density at radius 1 is 1.64 bits per heavy atom. The molecule has 0 N–H and O–H groups in total. The molecule has 0 saturated carbocycles. The van der Waals surface area contributed by atoms with Gasteiger partial charge in [-0.05, 0) is 0 Å². The van der Waals surface area contributed by atoms with Crippen molar-refractivity contribution in [2.75, 3.05) is 13.6 Å². The van der Waals surface area contributed by atoms with E-state index in [1.807, 2.05) is 0 Å². The Morgan fingerprint density at radius 3 is 2.18 bits per heavy atom. The van der Waals surface area contributed by atoms with E-state index in [0.717, 1.165) is 0 Å². The number of carbonyl (C=O) groups is 1. The molecule has 11 heavy (non-hydrogen) atoms. The van der Waals surface area contributed by atoms with E-state index >= 15 is 0 Å². The molecule has 0 aromatic heterocycles. The van der Waals surface area contributed by atoms with Crippen molar-refractivity contribution in [2.24, 2.45) is 0 Å². The van der Waals surface area contributed by atoms with Crippen molar-refractivity contribution in [3.8, 4) is 0 Å². The van der Waals surface area contributed by atoms with Crippen molar-refractivity contribution in [1.82, 2.24) is 0 Å². The van der Waals surface area contributed by atoms with Gasteiger partial charge in [-0.1, -0.05) is 0 Å². The Balaban J connectivity index is 2.84. The third-order valence-electron chi connectivity index (χ3n) is 2.09. The van der Waals surface area contributed by atoms with Crippen LogP contribution < -0.4 is 0 Å². The first kappa shape index (κ1) is 8.63. The minimum Gasteiger partial charge on any atom is -0.743 e. The van der Waals surface area contributed by atoms with Gasteiger partial charge in [0.1, 0.15) is 0 Å². The Morgan fingerprint density at radius 2 is 2.09 bits per heavy atom. The molecule has 0 aromatic rings. The fourth-order valence-electron chi connectivity index (χ4n) is 0.985. The summed E-state index contributed by atoms with van der Waals surface area (Å²) in [6, 6.07) is 0. The molecule has 0 spiro atoms. The highest BCUT2D eigenvalue weighted by molar-refractivity contribution is 7.86. The van der Waals surface area contributed by atoms with Crippen molar-refractivity contribution in [3.05, 3.63) is 0 Å². The van der Waals surface area contributed by atoms with Gasteiger partial charge in [0.25, 0.3) is 0 Å². The van der Waals surface area contributed by atoms with Gasteiger partial charge in [-0.15, -0.1) is 0 Å². The molecule has 0 aromatic carbocycles. The molecule has 0 aliphatic carbocycles. The lowest BCUT2D eigenvalue weighted by atomic mass is 10.6. The summed E-state index contributed by atoms with van der Waals surface area (Å²) in [5.41, 5.74) is 0. The van der Waals surface area contributed by atoms with Crippen molar-refractivity contribution in [1.29, 1.82) is 0 Å². The zero-order valence-corrected chi connectivity index (χ0v) is 7.09. The molecule has 0 radical (unpaired) electrons. The van der Waals surface area contributed by atoms with Crippen LogP contribution in [0.1, 0.15) is 6.92 Å². The normalized spacial score (nSPS) is 36.8. The van der Waals surface area contributed by atoms with Gasteiger partial charge >= 0.3 is 5.91 Å². The minimum atomic E-state index is -4.28. The van der Waals surface area contributed by atoms with Gasteiger partial charge < -0.3 is 4.55 Å². The second kappa shape index (κ2) is 2.02. The van der Waals surface area contributed by atoms with E-state index in [4.69, 9.17) is 0 Å². The van der Waals surface area contributed by atoms with Crippen LogP contribution in [-0.2, 0) is 14.9 Å². The molecule has 1 aliphatic rings. The standard InChI is InChI=1S/C5H9NO4S/c1-4(7)6(2)3-5(6)11(8,9)10/h5H,3H2,1-2H3. The van der Waals surface area contributed by atoms with Crippen LogP contribution in [0.5, 0.6) is 0 Å². The second-order valence-corrected chi connectivity index (χ2v) is 4.45. The molecule has 5 nitrogen and oxygen atoms in total. The molecule has 1 saturated heterocycles. The molecule has 1 amide bonds. The van der Waals surface area contributed by atoms with Gasteiger partial charge in [0.05, 0.1) is 14.0 Å². The van der Waals surface area contributed by atoms with Gasteiger partial charge in [-0.2, -0.15) is 0 Å². The fourth-order valence-corrected chi connectivity index (χ4v) is 2.20. The third kappa shape index (κ3) is 1.29. The van der Waals surface area contributed by atoms with Crippen molar-refractivity contribution in [2.45, 2.75) is 12.3 Å². The van der Waals surface area contributed by atoms with Crippen LogP contribution >= 0.6 is 0 Å². The van der Waals surface area contributed by atoms with Crippen LogP contribution in [-0.4, -0.2) is 42.3 Å². The number of likely N-dealkylation sites (N-methyl/N-ethyl adjacent to an activating group) is 1. The van der Waals surface area contributed by atoms with Gasteiger partial charge in [0, 0.05) is 0 Å². The lowest BCUT2D eigenvalue weighted by molar-refractivity contribution is -0.700. The highest BCUT2D eigenvalue weighted by Crippen LogP contribution is 2.31. The molecule has 64 valence electrons. The zero-order chi connectivity index (χ0) is 8.86. The Labute approximate surface area is 65.0 Å². The average Bonchev–Trinajstić information content (AvgIpc) is 2.41. The molecule has 1 heterocycles. The SMILES string of the molecule is CC(=O)[N+]1(C)CC1S(=O)(=O)[O-]. The summed E-state index contributed by atoms with van der Waals surface area (Å²) >= 11 is 0. The van der Waals surface area contributed by atoms with Crippen LogP contribution in [0.3, 0.4) is 0 Å². The van der Waals surface area contributed by atoms with E-state index in [1.54, 1.807) is 0 Å². The molecule has 6 heteroatoms. The summed E-state index contributed by atoms with van der Waals surface area (Å²) in [5.74, 6) is -0.283. The summed E-state index contributed by atoms with van der Waals surface area (Å²) in [7, 11) is -2.83. The first-order chi connectivity index (χ1) is 4.78. The maximum Gasteiger partial charge on any atom is 0.311 e. The number of nitrogens with zero attached hydrogens (tertiary/aromatic N) is 1. The van der Waals surface area contributed by atoms with Crippen LogP contribution in [0.2, 0.25) is 0 Å². The first-order valence-electron chi connectivity index (χ1n) is 3.09. The molecule has 2 unspecified atom stereocenters. The maximum atomic E-state index is 10.8. The maximum absolute atomic E-state index is 10.8. The van der Waals surface area contributed by atoms with E-state index in [-0.39, 0.29) is 16.9 Å². The van der Waals surface area contributed by atoms with E-state index in [2.05, 4.69) is 0 Å². The van der Waals surface area contributed by atoms with E-state index in [9.17, 15) is 17.8 Å². The lowest BCUT2D eigenvalue weighted by Crippen LogP contribution is -2.32. The van der Waals surface area contributed by atoms with Gasteiger partial charge in [0.15, 0.2) is 16.7 Å². The quantitative estimate of drug-likeness (QED) is 0.290. The third-order valence-corrected chi connectivity index (χ3v) is 3.37. The summed E-state index contributed by atoms with van der Waals surface area (Å²) in [4.78, 5) is 10.8. The summed E-state index contributed by atoms with van der Waals surface area (Å²) in [6.45, 7) is 1.41. The van der Waals surface area contributed by atoms with Gasteiger partial charge in [-0.3, -0.25) is 0 Å². The summed E-state index contributed by atoms with van der Waals surface area (Å²) in [5, 5.41) is -1.04. The van der Waals surface area contributed by atoms with Crippen molar-refractivity contribution in [3.63, 3.8) is 0 Å². The largest absolute Gasteiger partial charge is 0.743 e.